The van der Waals surface area contributed by atoms with Crippen molar-refractivity contribution in [3.63, 3.8) is 0 Å². The molecular weight excluding hydrogens is 428 g/mol. The van der Waals surface area contributed by atoms with Crippen molar-refractivity contribution in [2.45, 2.75) is 30.6 Å². The van der Waals surface area contributed by atoms with Gasteiger partial charge in [-0.1, -0.05) is 18.6 Å². The van der Waals surface area contributed by atoms with Gasteiger partial charge in [-0.3, -0.25) is 14.5 Å². The highest BCUT2D eigenvalue weighted by atomic mass is 32.2. The van der Waals surface area contributed by atoms with Crippen LogP contribution in [0.25, 0.3) is 0 Å². The Hall–Kier alpha value is -2.91. The van der Waals surface area contributed by atoms with E-state index in [9.17, 15) is 13.2 Å². The fraction of sp³-hybridized carbons (Fsp3) is 0.391. The van der Waals surface area contributed by atoms with Crippen LogP contribution in [0.15, 0.2) is 58.4 Å². The number of sulfonamides is 1. The second-order valence-corrected chi connectivity index (χ2v) is 9.49. The predicted molar refractivity (Wildman–Crippen MR) is 125 cm³/mol. The molecule has 170 valence electrons. The summed E-state index contributed by atoms with van der Waals surface area (Å²) in [4.78, 5) is 19.2. The molecular formula is C23H28N4O4S. The van der Waals surface area contributed by atoms with Crippen LogP contribution in [0, 0.1) is 0 Å². The van der Waals surface area contributed by atoms with Crippen molar-refractivity contribution in [3.05, 3.63) is 54.1 Å². The molecule has 8 nitrogen and oxygen atoms in total. The number of morpholine rings is 1. The summed E-state index contributed by atoms with van der Waals surface area (Å²) < 4.78 is 32.0. The number of aliphatic imine (C=N–C) groups is 1. The van der Waals surface area contributed by atoms with Crippen molar-refractivity contribution in [2.75, 3.05) is 43.1 Å². The van der Waals surface area contributed by atoms with Gasteiger partial charge in [-0.2, -0.15) is 0 Å². The Morgan fingerprint density at radius 1 is 1.03 bits per heavy atom. The Labute approximate surface area is 188 Å². The van der Waals surface area contributed by atoms with Gasteiger partial charge in [0.2, 0.25) is 5.91 Å². The number of benzene rings is 2. The predicted octanol–water partition coefficient (Wildman–Crippen LogP) is 2.76. The molecule has 2 heterocycles. The molecule has 0 aromatic heterocycles. The maximum atomic E-state index is 12.2. The summed E-state index contributed by atoms with van der Waals surface area (Å²) >= 11 is 0. The monoisotopic (exact) mass is 456 g/mol. The normalized spacial score (nSPS) is 18.2. The first-order valence-corrected chi connectivity index (χ1v) is 12.4. The molecule has 4 rings (SSSR count). The summed E-state index contributed by atoms with van der Waals surface area (Å²) in [6.07, 6.45) is 2.82. The third-order valence-electron chi connectivity index (χ3n) is 5.52. The van der Waals surface area contributed by atoms with Gasteiger partial charge < -0.3 is 15.0 Å². The molecule has 0 atom stereocenters. The highest BCUT2D eigenvalue weighted by molar-refractivity contribution is 7.90. The van der Waals surface area contributed by atoms with Crippen LogP contribution < -0.4 is 14.9 Å². The van der Waals surface area contributed by atoms with E-state index in [2.05, 4.69) is 19.9 Å². The van der Waals surface area contributed by atoms with Crippen LogP contribution in [-0.4, -0.2) is 53.0 Å². The zero-order valence-corrected chi connectivity index (χ0v) is 18.7. The van der Waals surface area contributed by atoms with Crippen molar-refractivity contribution >= 4 is 33.1 Å². The zero-order chi connectivity index (χ0) is 22.4. The molecule has 2 aromatic carbocycles. The average molecular weight is 457 g/mol. The first-order valence-electron chi connectivity index (χ1n) is 10.9. The van der Waals surface area contributed by atoms with Crippen molar-refractivity contribution in [3.8, 4) is 0 Å². The minimum atomic E-state index is -3.49. The summed E-state index contributed by atoms with van der Waals surface area (Å²) in [6.45, 7) is 3.77. The molecule has 0 radical (unpaired) electrons. The molecule has 0 spiro atoms. The van der Waals surface area contributed by atoms with Gasteiger partial charge in [-0.15, -0.1) is 0 Å². The van der Waals surface area contributed by atoms with Crippen LogP contribution in [0.3, 0.4) is 0 Å². The van der Waals surface area contributed by atoms with Gasteiger partial charge in [0.1, 0.15) is 5.84 Å². The van der Waals surface area contributed by atoms with Gasteiger partial charge in [0.05, 0.1) is 18.1 Å². The smallest absolute Gasteiger partial charge is 0.263 e. The lowest BCUT2D eigenvalue weighted by Crippen LogP contribution is -2.36. The quantitative estimate of drug-likeness (QED) is 0.595. The van der Waals surface area contributed by atoms with E-state index in [-0.39, 0.29) is 10.8 Å². The largest absolute Gasteiger partial charge is 0.378 e. The minimum Gasteiger partial charge on any atom is -0.378 e. The van der Waals surface area contributed by atoms with Crippen LogP contribution in [0.1, 0.15) is 31.2 Å². The van der Waals surface area contributed by atoms with Gasteiger partial charge >= 0.3 is 0 Å². The number of nitrogens with one attached hydrogen (secondary N) is 2. The SMILES string of the molecule is O=C(CCCCCN=C1NS(=O)(=O)c2ccccc21)Nc1ccc(N2CCOCC2)cc1. The fourth-order valence-corrected chi connectivity index (χ4v) is 5.07. The summed E-state index contributed by atoms with van der Waals surface area (Å²) in [5.41, 5.74) is 2.55. The molecule has 0 aliphatic carbocycles. The minimum absolute atomic E-state index is 0.00656. The third kappa shape index (κ3) is 5.46. The Morgan fingerprint density at radius 2 is 1.78 bits per heavy atom. The summed E-state index contributed by atoms with van der Waals surface area (Å²) in [5.74, 6) is 0.395. The van der Waals surface area contributed by atoms with E-state index in [0.29, 0.717) is 24.4 Å². The number of ether oxygens (including phenoxy) is 1. The fourth-order valence-electron chi connectivity index (χ4n) is 3.82. The van der Waals surface area contributed by atoms with Crippen LogP contribution in [0.5, 0.6) is 0 Å². The first-order chi connectivity index (χ1) is 15.5. The van der Waals surface area contributed by atoms with Crippen molar-refractivity contribution in [1.29, 1.82) is 0 Å². The number of rotatable bonds is 8. The van der Waals surface area contributed by atoms with Crippen molar-refractivity contribution in [1.82, 2.24) is 4.72 Å². The van der Waals surface area contributed by atoms with E-state index in [1.165, 1.54) is 0 Å². The summed E-state index contributed by atoms with van der Waals surface area (Å²) in [6, 6.07) is 14.7. The molecule has 2 N–H and O–H groups in total. The number of unbranched alkanes of at least 4 members (excludes halogenated alkanes) is 2. The maximum Gasteiger partial charge on any atom is 0.263 e. The van der Waals surface area contributed by atoms with Crippen LogP contribution in [-0.2, 0) is 19.6 Å². The van der Waals surface area contributed by atoms with Gasteiger partial charge in [-0.25, -0.2) is 8.42 Å². The first kappa shape index (κ1) is 22.3. The zero-order valence-electron chi connectivity index (χ0n) is 17.9. The van der Waals surface area contributed by atoms with E-state index in [0.717, 1.165) is 56.9 Å². The molecule has 1 fully saturated rings. The Bertz CT molecular complexity index is 1080. The number of nitrogens with zero attached hydrogens (tertiary/aromatic N) is 2. The molecule has 0 unspecified atom stereocenters. The number of hydrogen-bond donors (Lipinski definition) is 2. The lowest BCUT2D eigenvalue weighted by molar-refractivity contribution is -0.116. The molecule has 1 amide bonds. The van der Waals surface area contributed by atoms with E-state index >= 15 is 0 Å². The van der Waals surface area contributed by atoms with Gasteiger partial charge in [-0.05, 0) is 49.2 Å². The second-order valence-electron chi connectivity index (χ2n) is 7.84. The Balaban J connectivity index is 1.16. The number of fused-ring (bicyclic) bond motifs is 1. The number of carbonyl (C=O) groups is 1. The topological polar surface area (TPSA) is 100 Å². The lowest BCUT2D eigenvalue weighted by Gasteiger charge is -2.28. The van der Waals surface area contributed by atoms with E-state index in [1.807, 2.05) is 24.3 Å². The molecule has 0 saturated carbocycles. The number of hydrogen-bond acceptors (Lipinski definition) is 6. The molecule has 32 heavy (non-hydrogen) atoms. The molecule has 0 bridgehead atoms. The summed E-state index contributed by atoms with van der Waals surface area (Å²) in [5, 5.41) is 2.94. The molecule has 1 saturated heterocycles. The second kappa shape index (κ2) is 10.1. The van der Waals surface area contributed by atoms with Crippen LogP contribution in [0.4, 0.5) is 11.4 Å². The van der Waals surface area contributed by atoms with E-state index < -0.39 is 10.0 Å². The average Bonchev–Trinajstić information content (AvgIpc) is 3.07. The van der Waals surface area contributed by atoms with Crippen molar-refractivity contribution in [2.24, 2.45) is 4.99 Å². The molecule has 2 aliphatic rings. The van der Waals surface area contributed by atoms with Crippen LogP contribution in [0.2, 0.25) is 0 Å². The van der Waals surface area contributed by atoms with E-state index in [4.69, 9.17) is 4.74 Å². The van der Waals surface area contributed by atoms with Gasteiger partial charge in [0.15, 0.2) is 0 Å². The number of carbonyl (C=O) groups excluding carboxylic acids is 1. The Kier molecular flexibility index (Phi) is 7.06. The number of amides is 1. The maximum absolute atomic E-state index is 12.2. The van der Waals surface area contributed by atoms with E-state index in [1.54, 1.807) is 24.3 Å². The standard InChI is InChI=1S/C23H28N4O4S/c28-22(25-18-9-11-19(12-10-18)27-14-16-31-17-15-27)8-2-1-5-13-24-23-20-6-3-4-7-21(20)32(29,30)26-23/h3-4,6-7,9-12H,1-2,5,8,13-17H2,(H,24,26)(H,25,28). The highest BCUT2D eigenvalue weighted by Crippen LogP contribution is 2.22. The lowest BCUT2D eigenvalue weighted by atomic mass is 10.1. The molecule has 2 aliphatic heterocycles. The third-order valence-corrected chi connectivity index (χ3v) is 6.92. The van der Waals surface area contributed by atoms with Crippen LogP contribution >= 0.6 is 0 Å². The summed E-state index contributed by atoms with van der Waals surface area (Å²) in [7, 11) is -3.49. The van der Waals surface area contributed by atoms with Crippen molar-refractivity contribution < 1.29 is 17.9 Å². The highest BCUT2D eigenvalue weighted by Gasteiger charge is 2.29. The Morgan fingerprint density at radius 3 is 2.56 bits per heavy atom. The molecule has 9 heteroatoms. The van der Waals surface area contributed by atoms with Gasteiger partial charge in [0.25, 0.3) is 10.0 Å². The van der Waals surface area contributed by atoms with Gasteiger partial charge in [0, 0.05) is 43.0 Å². The number of amidine groups is 1. The number of anilines is 2. The molecule has 2 aromatic rings.